The maximum Gasteiger partial charge on any atom is 0.230 e. The molecule has 0 fully saturated rings. The Morgan fingerprint density at radius 3 is 2.57 bits per heavy atom. The average molecular weight is 370 g/mol. The normalized spacial score (nSPS) is 11.0. The van der Waals surface area contributed by atoms with Crippen LogP contribution < -0.4 is 5.32 Å². The molecule has 1 heterocycles. The van der Waals surface area contributed by atoms with E-state index in [1.165, 1.54) is 12.1 Å². The Kier molecular flexibility index (Phi) is 4.48. The van der Waals surface area contributed by atoms with Gasteiger partial charge in [0.05, 0.1) is 22.2 Å². The molecule has 0 unspecified atom stereocenters. The zero-order chi connectivity index (χ0) is 16.6. The molecule has 0 aliphatic heterocycles. The summed E-state index contributed by atoms with van der Waals surface area (Å²) in [4.78, 5) is 12.3. The minimum absolute atomic E-state index is 0.0474. The van der Waals surface area contributed by atoms with Gasteiger partial charge in [0, 0.05) is 10.4 Å². The summed E-state index contributed by atoms with van der Waals surface area (Å²) in [6.45, 7) is 1.96. The number of nitrogens with one attached hydrogen (secondary N) is 1. The topological polar surface area (TPSA) is 55.1 Å². The van der Waals surface area contributed by atoms with Crippen molar-refractivity contribution in [2.75, 3.05) is 5.32 Å². The molecule has 7 heteroatoms. The van der Waals surface area contributed by atoms with Crippen molar-refractivity contribution in [1.29, 1.82) is 0 Å². The third-order valence-electron chi connectivity index (χ3n) is 3.30. The lowest BCUT2D eigenvalue weighted by Crippen LogP contribution is -2.15. The Bertz CT molecular complexity index is 882. The summed E-state index contributed by atoms with van der Waals surface area (Å²) >= 11 is 18.0. The Balaban J connectivity index is 1.83. The van der Waals surface area contributed by atoms with Crippen LogP contribution in [0.2, 0.25) is 15.1 Å². The largest absolute Gasteiger partial charge is 0.356 e. The Morgan fingerprint density at radius 1 is 1.17 bits per heavy atom. The van der Waals surface area contributed by atoms with E-state index < -0.39 is 0 Å². The van der Waals surface area contributed by atoms with Crippen molar-refractivity contribution >= 4 is 57.4 Å². The van der Waals surface area contributed by atoms with E-state index in [1.807, 2.05) is 25.1 Å². The van der Waals surface area contributed by atoms with Gasteiger partial charge in [-0.05, 0) is 31.2 Å². The number of hydrogen-bond donors (Lipinski definition) is 1. The predicted molar refractivity (Wildman–Crippen MR) is 92.6 cm³/mol. The number of fused-ring (bicyclic) bond motifs is 1. The number of hydrogen-bond acceptors (Lipinski definition) is 3. The number of amides is 1. The van der Waals surface area contributed by atoms with Gasteiger partial charge in [-0.3, -0.25) is 4.79 Å². The third-order valence-corrected chi connectivity index (χ3v) is 4.11. The van der Waals surface area contributed by atoms with Crippen LogP contribution in [0.5, 0.6) is 0 Å². The molecule has 3 rings (SSSR count). The van der Waals surface area contributed by atoms with Crippen LogP contribution in [0, 0.1) is 6.92 Å². The van der Waals surface area contributed by atoms with Crippen LogP contribution in [0.15, 0.2) is 34.9 Å². The average Bonchev–Trinajstić information content (AvgIpc) is 2.85. The zero-order valence-corrected chi connectivity index (χ0v) is 14.3. The quantitative estimate of drug-likeness (QED) is 0.683. The minimum atomic E-state index is -0.298. The molecular weight excluding hydrogens is 359 g/mol. The van der Waals surface area contributed by atoms with E-state index in [2.05, 4.69) is 10.5 Å². The second kappa shape index (κ2) is 6.40. The highest BCUT2D eigenvalue weighted by atomic mass is 35.5. The predicted octanol–water partition coefficient (Wildman–Crippen LogP) is 5.28. The Hall–Kier alpha value is -1.75. The minimum Gasteiger partial charge on any atom is -0.356 e. The van der Waals surface area contributed by atoms with Crippen LogP contribution in [-0.4, -0.2) is 11.1 Å². The van der Waals surface area contributed by atoms with Gasteiger partial charge in [0.1, 0.15) is 5.69 Å². The highest BCUT2D eigenvalue weighted by Gasteiger charge is 2.15. The number of halogens is 3. The van der Waals surface area contributed by atoms with Crippen molar-refractivity contribution in [3.8, 4) is 0 Å². The fourth-order valence-corrected chi connectivity index (χ4v) is 3.14. The van der Waals surface area contributed by atoms with Gasteiger partial charge in [-0.15, -0.1) is 0 Å². The third kappa shape index (κ3) is 3.44. The number of carbonyl (C=O) groups excluding carboxylic acids is 1. The second-order valence-corrected chi connectivity index (χ2v) is 6.35. The smallest absolute Gasteiger partial charge is 0.230 e. The van der Waals surface area contributed by atoms with Crippen molar-refractivity contribution in [3.63, 3.8) is 0 Å². The van der Waals surface area contributed by atoms with Crippen molar-refractivity contribution in [1.82, 2.24) is 5.16 Å². The summed E-state index contributed by atoms with van der Waals surface area (Å²) in [6.07, 6.45) is 0.0474. The number of aromatic nitrogens is 1. The Morgan fingerprint density at radius 2 is 1.87 bits per heavy atom. The number of nitrogens with zero attached hydrogens (tertiary/aromatic N) is 1. The molecule has 0 atom stereocenters. The molecule has 0 bridgehead atoms. The standard InChI is InChI=1S/C16H11Cl3N2O2/c1-8-2-3-14-10(4-8)13(21-23-14)7-15(22)20-16-11(18)5-9(17)6-12(16)19/h2-6H,7H2,1H3,(H,20,22). The molecule has 0 saturated heterocycles. The van der Waals surface area contributed by atoms with E-state index in [4.69, 9.17) is 39.3 Å². The van der Waals surface area contributed by atoms with Crippen LogP contribution in [-0.2, 0) is 11.2 Å². The number of aryl methyl sites for hydroxylation is 1. The van der Waals surface area contributed by atoms with E-state index in [1.54, 1.807) is 0 Å². The van der Waals surface area contributed by atoms with Gasteiger partial charge in [0.2, 0.25) is 5.91 Å². The van der Waals surface area contributed by atoms with E-state index in [0.717, 1.165) is 10.9 Å². The first kappa shape index (κ1) is 16.1. The molecule has 23 heavy (non-hydrogen) atoms. The first-order valence-corrected chi connectivity index (χ1v) is 7.87. The van der Waals surface area contributed by atoms with Crippen molar-refractivity contribution in [2.45, 2.75) is 13.3 Å². The molecule has 1 N–H and O–H groups in total. The van der Waals surface area contributed by atoms with Crippen LogP contribution in [0.25, 0.3) is 11.0 Å². The second-order valence-electron chi connectivity index (χ2n) is 5.10. The van der Waals surface area contributed by atoms with E-state index >= 15 is 0 Å². The summed E-state index contributed by atoms with van der Waals surface area (Å²) in [6, 6.07) is 8.70. The number of carbonyl (C=O) groups is 1. The van der Waals surface area contributed by atoms with Gasteiger partial charge in [0.15, 0.2) is 5.58 Å². The highest BCUT2D eigenvalue weighted by molar-refractivity contribution is 6.42. The van der Waals surface area contributed by atoms with E-state index in [9.17, 15) is 4.79 Å². The molecule has 3 aromatic rings. The first-order valence-electron chi connectivity index (χ1n) is 6.73. The Labute approximate surface area is 147 Å². The van der Waals surface area contributed by atoms with Gasteiger partial charge in [-0.25, -0.2) is 0 Å². The highest BCUT2D eigenvalue weighted by Crippen LogP contribution is 2.33. The summed E-state index contributed by atoms with van der Waals surface area (Å²) < 4.78 is 5.22. The lowest BCUT2D eigenvalue weighted by molar-refractivity contribution is -0.115. The van der Waals surface area contributed by atoms with Crippen molar-refractivity contribution in [3.05, 3.63) is 56.7 Å². The lowest BCUT2D eigenvalue weighted by Gasteiger charge is -2.09. The van der Waals surface area contributed by atoms with Crippen LogP contribution >= 0.6 is 34.8 Å². The molecule has 0 radical (unpaired) electrons. The van der Waals surface area contributed by atoms with E-state index in [-0.39, 0.29) is 22.4 Å². The van der Waals surface area contributed by atoms with Gasteiger partial charge in [0.25, 0.3) is 0 Å². The number of rotatable bonds is 3. The summed E-state index contributed by atoms with van der Waals surface area (Å²) in [7, 11) is 0. The monoisotopic (exact) mass is 368 g/mol. The zero-order valence-electron chi connectivity index (χ0n) is 12.0. The van der Waals surface area contributed by atoms with Crippen LogP contribution in [0.1, 0.15) is 11.3 Å². The molecule has 0 aliphatic carbocycles. The summed E-state index contributed by atoms with van der Waals surface area (Å²) in [5.74, 6) is -0.298. The molecule has 118 valence electrons. The fourth-order valence-electron chi connectivity index (χ4n) is 2.23. The van der Waals surface area contributed by atoms with Crippen LogP contribution in [0.3, 0.4) is 0 Å². The maximum atomic E-state index is 12.3. The number of benzene rings is 2. The molecule has 0 aliphatic rings. The van der Waals surface area contributed by atoms with Gasteiger partial charge < -0.3 is 9.84 Å². The molecule has 1 aromatic heterocycles. The SMILES string of the molecule is Cc1ccc2onc(CC(=O)Nc3c(Cl)cc(Cl)cc3Cl)c2c1. The van der Waals surface area contributed by atoms with Crippen LogP contribution in [0.4, 0.5) is 5.69 Å². The summed E-state index contributed by atoms with van der Waals surface area (Å²) in [5.41, 5.74) is 2.58. The molecule has 4 nitrogen and oxygen atoms in total. The lowest BCUT2D eigenvalue weighted by atomic mass is 10.1. The van der Waals surface area contributed by atoms with Gasteiger partial charge >= 0.3 is 0 Å². The van der Waals surface area contributed by atoms with Crippen molar-refractivity contribution in [2.24, 2.45) is 0 Å². The molecule has 1 amide bonds. The fraction of sp³-hybridized carbons (Fsp3) is 0.125. The molecule has 0 saturated carbocycles. The molecule has 0 spiro atoms. The van der Waals surface area contributed by atoms with E-state index in [0.29, 0.717) is 22.0 Å². The van der Waals surface area contributed by atoms with Gasteiger partial charge in [-0.1, -0.05) is 51.6 Å². The van der Waals surface area contributed by atoms with Gasteiger partial charge in [-0.2, -0.15) is 0 Å². The summed E-state index contributed by atoms with van der Waals surface area (Å²) in [5, 5.41) is 8.40. The first-order chi connectivity index (χ1) is 10.9. The maximum absolute atomic E-state index is 12.3. The number of anilines is 1. The molecular formula is C16H11Cl3N2O2. The molecule has 2 aromatic carbocycles. The van der Waals surface area contributed by atoms with Crippen molar-refractivity contribution < 1.29 is 9.32 Å².